The normalized spacial score (nSPS) is 10.5. The molecule has 0 aliphatic carbocycles. The maximum atomic E-state index is 12.1. The number of hydrogen-bond donors (Lipinski definition) is 0. The van der Waals surface area contributed by atoms with E-state index in [1.165, 1.54) is 11.1 Å². The molecular formula is C15H12Cl2OSe. The van der Waals surface area contributed by atoms with Crippen LogP contribution in [-0.4, -0.2) is 19.6 Å². The van der Waals surface area contributed by atoms with Crippen LogP contribution in [0.3, 0.4) is 0 Å². The zero-order valence-corrected chi connectivity index (χ0v) is 13.5. The summed E-state index contributed by atoms with van der Waals surface area (Å²) in [5.74, 6) is 0. The van der Waals surface area contributed by atoms with Crippen LogP contribution in [-0.2, 0) is 5.32 Å². The summed E-state index contributed by atoms with van der Waals surface area (Å²) >= 11 is 11.7. The molecule has 0 N–H and O–H groups in total. The fourth-order valence-corrected chi connectivity index (χ4v) is 3.74. The van der Waals surface area contributed by atoms with Gasteiger partial charge in [0.25, 0.3) is 0 Å². The molecule has 0 fully saturated rings. The second-order valence-corrected chi connectivity index (χ2v) is 7.08. The molecule has 0 spiro atoms. The number of carbonyl (C=O) groups is 1. The van der Waals surface area contributed by atoms with E-state index in [0.717, 1.165) is 5.32 Å². The van der Waals surface area contributed by atoms with Crippen molar-refractivity contribution in [1.82, 2.24) is 0 Å². The van der Waals surface area contributed by atoms with Gasteiger partial charge < -0.3 is 0 Å². The van der Waals surface area contributed by atoms with Crippen molar-refractivity contribution in [2.75, 3.05) is 0 Å². The van der Waals surface area contributed by atoms with Crippen LogP contribution in [0, 0.1) is 6.92 Å². The third-order valence-electron chi connectivity index (χ3n) is 2.59. The Bertz CT molecular complexity index is 573. The number of aryl methyl sites for hydroxylation is 1. The molecule has 0 unspecified atom stereocenters. The van der Waals surface area contributed by atoms with Crippen LogP contribution in [0.4, 0.5) is 0 Å². The first-order valence-electron chi connectivity index (χ1n) is 5.73. The van der Waals surface area contributed by atoms with Crippen LogP contribution in [0.1, 0.15) is 21.5 Å². The number of carbonyl (C=O) groups excluding carboxylic acids is 1. The van der Waals surface area contributed by atoms with Gasteiger partial charge in [-0.05, 0) is 0 Å². The minimum atomic E-state index is -0.136. The van der Waals surface area contributed by atoms with E-state index in [1.807, 2.05) is 6.92 Å². The second-order valence-electron chi connectivity index (χ2n) is 4.22. The van der Waals surface area contributed by atoms with Crippen molar-refractivity contribution in [1.29, 1.82) is 0 Å². The van der Waals surface area contributed by atoms with E-state index in [0.29, 0.717) is 15.6 Å². The summed E-state index contributed by atoms with van der Waals surface area (Å²) < 4.78 is 0.123. The molecule has 4 heteroatoms. The Hall–Kier alpha value is -0.791. The number of rotatable bonds is 4. The Balaban J connectivity index is 2.03. The van der Waals surface area contributed by atoms with Crippen LogP contribution >= 0.6 is 23.2 Å². The van der Waals surface area contributed by atoms with E-state index >= 15 is 0 Å². The van der Waals surface area contributed by atoms with Crippen LogP contribution < -0.4 is 0 Å². The van der Waals surface area contributed by atoms with Gasteiger partial charge in [0.1, 0.15) is 0 Å². The molecule has 0 atom stereocenters. The van der Waals surface area contributed by atoms with Gasteiger partial charge in [-0.15, -0.1) is 0 Å². The first-order chi connectivity index (χ1) is 9.04. The molecule has 0 radical (unpaired) electrons. The monoisotopic (exact) mass is 358 g/mol. The minimum absolute atomic E-state index is 0.123. The molecule has 0 aromatic heterocycles. The Morgan fingerprint density at radius 3 is 2.21 bits per heavy atom. The van der Waals surface area contributed by atoms with Crippen molar-refractivity contribution in [2.24, 2.45) is 0 Å². The first kappa shape index (κ1) is 14.6. The number of halogens is 2. The molecule has 2 rings (SSSR count). The van der Waals surface area contributed by atoms with Crippen LogP contribution in [0.15, 0.2) is 42.5 Å². The SMILES string of the molecule is Cc1ccc(C[Se]C(=O)c2cc(Cl)cc(Cl)c2)cc1. The zero-order chi connectivity index (χ0) is 13.8. The zero-order valence-electron chi connectivity index (χ0n) is 10.3. The van der Waals surface area contributed by atoms with Gasteiger partial charge in [-0.1, -0.05) is 0 Å². The van der Waals surface area contributed by atoms with E-state index in [4.69, 9.17) is 23.2 Å². The molecule has 0 aliphatic rings. The van der Waals surface area contributed by atoms with Gasteiger partial charge in [0.15, 0.2) is 0 Å². The van der Waals surface area contributed by atoms with Crippen molar-refractivity contribution >= 4 is 42.8 Å². The third-order valence-corrected chi connectivity index (χ3v) is 5.07. The summed E-state index contributed by atoms with van der Waals surface area (Å²) in [6.07, 6.45) is 0. The summed E-state index contributed by atoms with van der Waals surface area (Å²) in [5.41, 5.74) is 3.01. The van der Waals surface area contributed by atoms with Crippen molar-refractivity contribution in [3.05, 3.63) is 69.2 Å². The van der Waals surface area contributed by atoms with Gasteiger partial charge in [-0.3, -0.25) is 0 Å². The summed E-state index contributed by atoms with van der Waals surface area (Å²) in [5, 5.41) is 1.79. The Morgan fingerprint density at radius 1 is 1.05 bits per heavy atom. The molecule has 0 heterocycles. The molecule has 1 nitrogen and oxygen atoms in total. The van der Waals surface area contributed by atoms with E-state index in [2.05, 4.69) is 24.3 Å². The number of hydrogen-bond acceptors (Lipinski definition) is 1. The molecule has 0 saturated heterocycles. The molecule has 2 aromatic rings. The van der Waals surface area contributed by atoms with Gasteiger partial charge >= 0.3 is 129 Å². The van der Waals surface area contributed by atoms with Crippen LogP contribution in [0.5, 0.6) is 0 Å². The molecule has 98 valence electrons. The fourth-order valence-electron chi connectivity index (χ4n) is 1.59. The number of benzene rings is 2. The molecular weight excluding hydrogens is 346 g/mol. The van der Waals surface area contributed by atoms with E-state index in [1.54, 1.807) is 18.2 Å². The van der Waals surface area contributed by atoms with Crippen LogP contribution in [0.2, 0.25) is 10.0 Å². The first-order valence-corrected chi connectivity index (χ1v) is 8.56. The van der Waals surface area contributed by atoms with E-state index in [9.17, 15) is 4.79 Å². The van der Waals surface area contributed by atoms with Crippen molar-refractivity contribution in [3.63, 3.8) is 0 Å². The van der Waals surface area contributed by atoms with Gasteiger partial charge in [0, 0.05) is 0 Å². The molecule has 19 heavy (non-hydrogen) atoms. The predicted molar refractivity (Wildman–Crippen MR) is 81.4 cm³/mol. The van der Waals surface area contributed by atoms with Crippen molar-refractivity contribution in [2.45, 2.75) is 12.2 Å². The topological polar surface area (TPSA) is 17.1 Å². The maximum absolute atomic E-state index is 12.1. The Kier molecular flexibility index (Phi) is 5.06. The average molecular weight is 358 g/mol. The van der Waals surface area contributed by atoms with Crippen LogP contribution in [0.25, 0.3) is 0 Å². The van der Waals surface area contributed by atoms with Crippen molar-refractivity contribution < 1.29 is 4.79 Å². The molecule has 0 saturated carbocycles. The predicted octanol–water partition coefficient (Wildman–Crippen LogP) is 4.35. The van der Waals surface area contributed by atoms with Gasteiger partial charge in [-0.2, -0.15) is 0 Å². The molecule has 2 aromatic carbocycles. The van der Waals surface area contributed by atoms with Gasteiger partial charge in [0.05, 0.1) is 0 Å². The van der Waals surface area contributed by atoms with Crippen molar-refractivity contribution in [3.8, 4) is 0 Å². The van der Waals surface area contributed by atoms with Gasteiger partial charge in [-0.25, -0.2) is 0 Å². The van der Waals surface area contributed by atoms with E-state index in [-0.39, 0.29) is 19.6 Å². The fraction of sp³-hybridized carbons (Fsp3) is 0.133. The molecule has 0 aliphatic heterocycles. The Morgan fingerprint density at radius 2 is 1.63 bits per heavy atom. The summed E-state index contributed by atoms with van der Waals surface area (Å²) in [7, 11) is 0. The summed E-state index contributed by atoms with van der Waals surface area (Å²) in [4.78, 5) is 12.1. The third kappa shape index (κ3) is 4.36. The van der Waals surface area contributed by atoms with Gasteiger partial charge in [0.2, 0.25) is 0 Å². The van der Waals surface area contributed by atoms with E-state index < -0.39 is 0 Å². The quantitative estimate of drug-likeness (QED) is 0.743. The Labute approximate surface area is 129 Å². The molecule has 0 amide bonds. The average Bonchev–Trinajstić information content (AvgIpc) is 2.36. The standard InChI is InChI=1S/C15H12Cl2OSe/c1-10-2-4-11(5-3-10)9-19-15(18)12-6-13(16)8-14(17)7-12/h2-8H,9H2,1H3. The summed E-state index contributed by atoms with van der Waals surface area (Å²) in [6, 6.07) is 13.2. The summed E-state index contributed by atoms with van der Waals surface area (Å²) in [6.45, 7) is 2.05. The second kappa shape index (κ2) is 6.58. The molecule has 0 bridgehead atoms.